The number of fused-ring (bicyclic) bond motifs is 1. The molecule has 124 valence electrons. The topological polar surface area (TPSA) is 66.9 Å². The fraction of sp³-hybridized carbons (Fsp3) is 0.643. The van der Waals surface area contributed by atoms with E-state index in [-0.39, 0.29) is 11.9 Å². The Labute approximate surface area is 135 Å². The highest BCUT2D eigenvalue weighted by molar-refractivity contribution is 7.91. The van der Waals surface area contributed by atoms with Gasteiger partial charge in [0.1, 0.15) is 4.21 Å². The number of likely N-dealkylation sites (N-methyl/N-ethyl adjacent to an activating group) is 1. The van der Waals surface area contributed by atoms with Crippen LogP contribution in [0.25, 0.3) is 0 Å². The minimum Gasteiger partial charge on any atom is -0.385 e. The highest BCUT2D eigenvalue weighted by Gasteiger charge is 2.40. The van der Waals surface area contributed by atoms with Gasteiger partial charge in [-0.1, -0.05) is 0 Å². The molecule has 0 saturated carbocycles. The van der Waals surface area contributed by atoms with Crippen LogP contribution in [0, 0.1) is 0 Å². The summed E-state index contributed by atoms with van der Waals surface area (Å²) in [6.07, 6.45) is 0.634. The third kappa shape index (κ3) is 3.19. The van der Waals surface area contributed by atoms with Crippen LogP contribution in [0.3, 0.4) is 0 Å². The SMILES string of the molecule is CCN(C(C)=O)C1CN(CCCOC)S(=O)(=O)c2sccc21. The Hall–Kier alpha value is -0.960. The zero-order chi connectivity index (χ0) is 16.3. The van der Waals surface area contributed by atoms with Crippen LogP contribution in [0.5, 0.6) is 0 Å². The van der Waals surface area contributed by atoms with Gasteiger partial charge in [0.25, 0.3) is 10.0 Å². The molecule has 1 aromatic rings. The molecule has 1 aliphatic rings. The zero-order valence-corrected chi connectivity index (χ0v) is 14.7. The Bertz CT molecular complexity index is 627. The van der Waals surface area contributed by atoms with Gasteiger partial charge in [-0.3, -0.25) is 4.79 Å². The van der Waals surface area contributed by atoms with Gasteiger partial charge in [0.2, 0.25) is 5.91 Å². The van der Waals surface area contributed by atoms with E-state index in [4.69, 9.17) is 4.74 Å². The first kappa shape index (κ1) is 17.4. The molecule has 2 rings (SSSR count). The van der Waals surface area contributed by atoms with Crippen molar-refractivity contribution in [1.29, 1.82) is 0 Å². The van der Waals surface area contributed by atoms with Crippen molar-refractivity contribution < 1.29 is 17.9 Å². The van der Waals surface area contributed by atoms with Gasteiger partial charge in [-0.05, 0) is 24.8 Å². The Balaban J connectivity index is 2.36. The Morgan fingerprint density at radius 2 is 2.27 bits per heavy atom. The molecule has 0 aromatic carbocycles. The van der Waals surface area contributed by atoms with Crippen molar-refractivity contribution in [2.45, 2.75) is 30.5 Å². The molecule has 1 unspecified atom stereocenters. The number of ether oxygens (including phenoxy) is 1. The standard InChI is InChI=1S/C14H22N2O4S2/c1-4-16(11(2)17)13-10-15(7-5-8-20-3)22(18,19)14-12(13)6-9-21-14/h6,9,13H,4-5,7-8,10H2,1-3H3. The van der Waals surface area contributed by atoms with Gasteiger partial charge in [-0.15, -0.1) is 11.3 Å². The van der Waals surface area contributed by atoms with Crippen molar-refractivity contribution in [2.75, 3.05) is 33.4 Å². The lowest BCUT2D eigenvalue weighted by atomic mass is 10.1. The van der Waals surface area contributed by atoms with E-state index in [0.717, 1.165) is 5.56 Å². The van der Waals surface area contributed by atoms with Gasteiger partial charge in [-0.2, -0.15) is 4.31 Å². The number of rotatable bonds is 6. The van der Waals surface area contributed by atoms with Crippen LogP contribution in [-0.4, -0.2) is 56.9 Å². The van der Waals surface area contributed by atoms with Crippen molar-refractivity contribution >= 4 is 27.3 Å². The number of carbonyl (C=O) groups excluding carboxylic acids is 1. The number of hydrogen-bond donors (Lipinski definition) is 0. The summed E-state index contributed by atoms with van der Waals surface area (Å²) in [6, 6.07) is 1.61. The summed E-state index contributed by atoms with van der Waals surface area (Å²) in [5, 5.41) is 1.78. The lowest BCUT2D eigenvalue weighted by Gasteiger charge is -2.38. The van der Waals surface area contributed by atoms with E-state index in [1.54, 1.807) is 17.4 Å². The zero-order valence-electron chi connectivity index (χ0n) is 13.1. The molecule has 1 amide bonds. The second-order valence-electron chi connectivity index (χ2n) is 5.19. The minimum atomic E-state index is -3.46. The smallest absolute Gasteiger partial charge is 0.252 e. The summed E-state index contributed by atoms with van der Waals surface area (Å²) < 4.78 is 32.2. The predicted octanol–water partition coefficient (Wildman–Crippen LogP) is 1.70. The van der Waals surface area contributed by atoms with E-state index >= 15 is 0 Å². The first-order valence-electron chi connectivity index (χ1n) is 7.27. The maximum absolute atomic E-state index is 12.7. The van der Waals surface area contributed by atoms with Crippen molar-refractivity contribution in [2.24, 2.45) is 0 Å². The summed E-state index contributed by atoms with van der Waals surface area (Å²) in [5.74, 6) is -0.0409. The Kier molecular flexibility index (Phi) is 5.60. The molecule has 0 N–H and O–H groups in total. The van der Waals surface area contributed by atoms with Crippen LogP contribution in [-0.2, 0) is 19.6 Å². The molecule has 2 heterocycles. The second-order valence-corrected chi connectivity index (χ2v) is 8.24. The van der Waals surface area contributed by atoms with Crippen LogP contribution in [0.2, 0.25) is 0 Å². The molecule has 0 bridgehead atoms. The molecule has 6 nitrogen and oxygen atoms in total. The summed E-state index contributed by atoms with van der Waals surface area (Å²) in [7, 11) is -1.87. The van der Waals surface area contributed by atoms with Crippen molar-refractivity contribution in [3.05, 3.63) is 17.0 Å². The molecule has 22 heavy (non-hydrogen) atoms. The molecule has 0 aliphatic carbocycles. The third-order valence-corrected chi connectivity index (χ3v) is 7.20. The van der Waals surface area contributed by atoms with Gasteiger partial charge < -0.3 is 9.64 Å². The molecule has 0 saturated heterocycles. The highest BCUT2D eigenvalue weighted by atomic mass is 32.2. The van der Waals surface area contributed by atoms with Gasteiger partial charge in [0.15, 0.2) is 0 Å². The molecule has 1 atom stereocenters. The first-order valence-corrected chi connectivity index (χ1v) is 9.59. The highest BCUT2D eigenvalue weighted by Crippen LogP contribution is 2.39. The van der Waals surface area contributed by atoms with Crippen LogP contribution >= 0.6 is 11.3 Å². The van der Waals surface area contributed by atoms with Crippen molar-refractivity contribution in [3.63, 3.8) is 0 Å². The number of carbonyl (C=O) groups is 1. The number of thiophene rings is 1. The fourth-order valence-corrected chi connectivity index (χ4v) is 5.89. The van der Waals surface area contributed by atoms with E-state index < -0.39 is 10.0 Å². The lowest BCUT2D eigenvalue weighted by Crippen LogP contribution is -2.46. The van der Waals surface area contributed by atoms with Crippen molar-refractivity contribution in [3.8, 4) is 0 Å². The minimum absolute atomic E-state index is 0.0409. The van der Waals surface area contributed by atoms with Gasteiger partial charge >= 0.3 is 0 Å². The lowest BCUT2D eigenvalue weighted by molar-refractivity contribution is -0.131. The van der Waals surface area contributed by atoms with Crippen LogP contribution in [0.4, 0.5) is 0 Å². The number of sulfonamides is 1. The molecule has 8 heteroatoms. The summed E-state index contributed by atoms with van der Waals surface area (Å²) in [5.41, 5.74) is 0.741. The quantitative estimate of drug-likeness (QED) is 0.735. The molecule has 1 aromatic heterocycles. The number of nitrogens with zero attached hydrogens (tertiary/aromatic N) is 2. The van der Waals surface area contributed by atoms with Crippen LogP contribution < -0.4 is 0 Å². The molecular weight excluding hydrogens is 324 g/mol. The summed E-state index contributed by atoms with van der Waals surface area (Å²) >= 11 is 1.22. The number of methoxy groups -OCH3 is 1. The Morgan fingerprint density at radius 3 is 2.86 bits per heavy atom. The van der Waals surface area contributed by atoms with E-state index in [1.807, 2.05) is 13.0 Å². The second kappa shape index (κ2) is 7.08. The molecule has 0 radical (unpaired) electrons. The maximum Gasteiger partial charge on any atom is 0.252 e. The first-order chi connectivity index (χ1) is 10.4. The van der Waals surface area contributed by atoms with Crippen molar-refractivity contribution in [1.82, 2.24) is 9.21 Å². The van der Waals surface area contributed by atoms with E-state index in [2.05, 4.69) is 0 Å². The van der Waals surface area contributed by atoms with Crippen LogP contribution in [0.15, 0.2) is 15.7 Å². The van der Waals surface area contributed by atoms with E-state index in [0.29, 0.717) is 36.9 Å². The molecule has 0 fully saturated rings. The average Bonchev–Trinajstić information content (AvgIpc) is 2.94. The molecule has 1 aliphatic heterocycles. The largest absolute Gasteiger partial charge is 0.385 e. The van der Waals surface area contributed by atoms with E-state index in [1.165, 1.54) is 22.6 Å². The maximum atomic E-state index is 12.7. The molecular formula is C14H22N2O4S2. The van der Waals surface area contributed by atoms with Gasteiger partial charge in [0.05, 0.1) is 6.04 Å². The molecule has 0 spiro atoms. The van der Waals surface area contributed by atoms with E-state index in [9.17, 15) is 13.2 Å². The van der Waals surface area contributed by atoms with Gasteiger partial charge in [-0.25, -0.2) is 8.42 Å². The number of amides is 1. The van der Waals surface area contributed by atoms with Crippen LogP contribution in [0.1, 0.15) is 31.9 Å². The normalized spacial score (nSPS) is 20.6. The average molecular weight is 346 g/mol. The number of hydrogen-bond acceptors (Lipinski definition) is 5. The summed E-state index contributed by atoms with van der Waals surface area (Å²) in [6.45, 7) is 5.21. The predicted molar refractivity (Wildman–Crippen MR) is 85.4 cm³/mol. The third-order valence-electron chi connectivity index (χ3n) is 3.85. The monoisotopic (exact) mass is 346 g/mol. The fourth-order valence-electron chi connectivity index (χ4n) is 2.79. The van der Waals surface area contributed by atoms with Gasteiger partial charge in [0, 0.05) is 45.8 Å². The summed E-state index contributed by atoms with van der Waals surface area (Å²) in [4.78, 5) is 13.6. The Morgan fingerprint density at radius 1 is 1.55 bits per heavy atom.